The van der Waals surface area contributed by atoms with E-state index in [1.165, 1.54) is 6.26 Å². The number of hydrogen-bond donors (Lipinski definition) is 1. The van der Waals surface area contributed by atoms with Gasteiger partial charge in [0.05, 0.1) is 6.54 Å². The van der Waals surface area contributed by atoms with Gasteiger partial charge in [-0.15, -0.1) is 12.4 Å². The van der Waals surface area contributed by atoms with E-state index in [1.807, 2.05) is 24.3 Å². The summed E-state index contributed by atoms with van der Waals surface area (Å²) in [6.07, 6.45) is 1.48. The zero-order chi connectivity index (χ0) is 14.8. The lowest BCUT2D eigenvalue weighted by Gasteiger charge is -2.29. The molecule has 5 nitrogen and oxygen atoms in total. The van der Waals surface area contributed by atoms with Crippen molar-refractivity contribution >= 4 is 34.2 Å². The summed E-state index contributed by atoms with van der Waals surface area (Å²) >= 11 is 3.36. The molecule has 0 saturated carbocycles. The van der Waals surface area contributed by atoms with E-state index in [0.717, 1.165) is 10.0 Å². The minimum atomic E-state index is -1.08. The molecule has 1 unspecified atom stereocenters. The second-order valence-electron chi connectivity index (χ2n) is 4.86. The number of rotatable bonds is 4. The Morgan fingerprint density at radius 2 is 2.00 bits per heavy atom. The second kappa shape index (κ2) is 7.06. The van der Waals surface area contributed by atoms with Crippen molar-refractivity contribution in [3.05, 3.63) is 52.3 Å². The quantitative estimate of drug-likeness (QED) is 0.893. The lowest BCUT2D eigenvalue weighted by atomic mass is 9.92. The molecule has 2 rings (SSSR count). The van der Waals surface area contributed by atoms with Crippen LogP contribution in [0.1, 0.15) is 18.2 Å². The Hall–Kier alpha value is -1.37. The predicted molar refractivity (Wildman–Crippen MR) is 85.9 cm³/mol. The molecule has 1 aromatic carbocycles. The van der Waals surface area contributed by atoms with E-state index in [2.05, 4.69) is 21.1 Å². The van der Waals surface area contributed by atoms with E-state index in [4.69, 9.17) is 10.3 Å². The molecule has 1 heterocycles. The predicted octanol–water partition coefficient (Wildman–Crippen LogP) is 2.69. The normalized spacial score (nSPS) is 13.1. The smallest absolute Gasteiger partial charge is 0.247 e. The summed E-state index contributed by atoms with van der Waals surface area (Å²) in [6.45, 7) is 2.07. The second-order valence-corrected chi connectivity index (χ2v) is 5.78. The van der Waals surface area contributed by atoms with Crippen molar-refractivity contribution < 1.29 is 9.32 Å². The van der Waals surface area contributed by atoms with Gasteiger partial charge < -0.3 is 15.2 Å². The average molecular weight is 375 g/mol. The van der Waals surface area contributed by atoms with Crippen LogP contribution >= 0.6 is 28.3 Å². The first-order valence-electron chi connectivity index (χ1n) is 6.11. The van der Waals surface area contributed by atoms with E-state index in [0.29, 0.717) is 12.2 Å². The Labute approximate surface area is 138 Å². The number of carbonyl (C=O) groups excluding carboxylic acids is 1. The van der Waals surface area contributed by atoms with Crippen molar-refractivity contribution in [2.24, 2.45) is 5.73 Å². The molecule has 1 aromatic heterocycles. The van der Waals surface area contributed by atoms with Gasteiger partial charge in [-0.3, -0.25) is 4.79 Å². The summed E-state index contributed by atoms with van der Waals surface area (Å²) < 4.78 is 5.70. The Kier molecular flexibility index (Phi) is 5.95. The SMILES string of the molecule is CN(Cc1ccon1)C(=O)C(C)(N)c1ccc(Br)cc1.Cl. The number of carbonyl (C=O) groups is 1. The van der Waals surface area contributed by atoms with Crippen molar-refractivity contribution in [2.45, 2.75) is 19.0 Å². The van der Waals surface area contributed by atoms with Crippen molar-refractivity contribution in [3.8, 4) is 0 Å². The van der Waals surface area contributed by atoms with Gasteiger partial charge in [0.25, 0.3) is 0 Å². The molecule has 1 amide bonds. The lowest BCUT2D eigenvalue weighted by molar-refractivity contribution is -0.136. The largest absolute Gasteiger partial charge is 0.364 e. The van der Waals surface area contributed by atoms with Gasteiger partial charge in [-0.25, -0.2) is 0 Å². The summed E-state index contributed by atoms with van der Waals surface area (Å²) in [6, 6.07) is 9.13. The molecule has 0 radical (unpaired) electrons. The molecule has 114 valence electrons. The molecule has 0 bridgehead atoms. The molecule has 0 fully saturated rings. The van der Waals surface area contributed by atoms with Gasteiger partial charge in [-0.05, 0) is 24.6 Å². The molecular formula is C14H17BrClN3O2. The van der Waals surface area contributed by atoms with Crippen molar-refractivity contribution in [3.63, 3.8) is 0 Å². The van der Waals surface area contributed by atoms with Crippen LogP contribution in [-0.4, -0.2) is 23.0 Å². The highest BCUT2D eigenvalue weighted by Gasteiger charge is 2.33. The van der Waals surface area contributed by atoms with Gasteiger partial charge in [-0.1, -0.05) is 33.2 Å². The maximum atomic E-state index is 12.5. The highest BCUT2D eigenvalue weighted by atomic mass is 79.9. The molecule has 2 aromatic rings. The fourth-order valence-corrected chi connectivity index (χ4v) is 2.21. The number of nitrogens with two attached hydrogens (primary N) is 1. The first-order chi connectivity index (χ1) is 9.41. The Morgan fingerprint density at radius 3 is 2.52 bits per heavy atom. The van der Waals surface area contributed by atoms with E-state index >= 15 is 0 Å². The zero-order valence-corrected chi connectivity index (χ0v) is 14.1. The highest BCUT2D eigenvalue weighted by Crippen LogP contribution is 2.22. The van der Waals surface area contributed by atoms with Crippen LogP contribution in [0, 0.1) is 0 Å². The summed E-state index contributed by atoms with van der Waals surface area (Å²) in [4.78, 5) is 14.0. The van der Waals surface area contributed by atoms with E-state index in [9.17, 15) is 4.79 Å². The molecule has 0 spiro atoms. The lowest BCUT2D eigenvalue weighted by Crippen LogP contribution is -2.49. The number of nitrogens with zero attached hydrogens (tertiary/aromatic N) is 2. The summed E-state index contributed by atoms with van der Waals surface area (Å²) in [7, 11) is 1.70. The van der Waals surface area contributed by atoms with Crippen molar-refractivity contribution in [1.82, 2.24) is 10.1 Å². The molecule has 0 saturated heterocycles. The maximum absolute atomic E-state index is 12.5. The van der Waals surface area contributed by atoms with Gasteiger partial charge in [0, 0.05) is 17.6 Å². The van der Waals surface area contributed by atoms with Crippen LogP contribution in [0.25, 0.3) is 0 Å². The van der Waals surface area contributed by atoms with Crippen LogP contribution in [-0.2, 0) is 16.9 Å². The zero-order valence-electron chi connectivity index (χ0n) is 11.7. The summed E-state index contributed by atoms with van der Waals surface area (Å²) in [5.41, 5.74) is 6.58. The van der Waals surface area contributed by atoms with Crippen molar-refractivity contribution in [2.75, 3.05) is 7.05 Å². The van der Waals surface area contributed by atoms with Gasteiger partial charge in [-0.2, -0.15) is 0 Å². The number of aromatic nitrogens is 1. The first-order valence-corrected chi connectivity index (χ1v) is 6.90. The Bertz CT molecular complexity index is 585. The number of amides is 1. The molecule has 0 aliphatic heterocycles. The van der Waals surface area contributed by atoms with Crippen LogP contribution in [0.2, 0.25) is 0 Å². The van der Waals surface area contributed by atoms with Crippen LogP contribution in [0.5, 0.6) is 0 Å². The minimum absolute atomic E-state index is 0. The third-order valence-electron chi connectivity index (χ3n) is 3.13. The number of halogens is 2. The van der Waals surface area contributed by atoms with Crippen molar-refractivity contribution in [1.29, 1.82) is 0 Å². The summed E-state index contributed by atoms with van der Waals surface area (Å²) in [5.74, 6) is -0.178. The minimum Gasteiger partial charge on any atom is -0.364 e. The molecule has 2 N–H and O–H groups in total. The topological polar surface area (TPSA) is 72.4 Å². The number of hydrogen-bond acceptors (Lipinski definition) is 4. The monoisotopic (exact) mass is 373 g/mol. The molecule has 0 aliphatic carbocycles. The van der Waals surface area contributed by atoms with E-state index in [-0.39, 0.29) is 18.3 Å². The van der Waals surface area contributed by atoms with Gasteiger partial charge in [0.2, 0.25) is 5.91 Å². The van der Waals surface area contributed by atoms with Gasteiger partial charge in [0.15, 0.2) is 0 Å². The number of likely N-dealkylation sites (N-methyl/N-ethyl adjacent to an activating group) is 1. The Balaban J connectivity index is 0.00000220. The van der Waals surface area contributed by atoms with E-state index < -0.39 is 5.54 Å². The molecule has 0 aliphatic rings. The molecular weight excluding hydrogens is 358 g/mol. The first kappa shape index (κ1) is 17.7. The van der Waals surface area contributed by atoms with Crippen LogP contribution in [0.4, 0.5) is 0 Å². The van der Waals surface area contributed by atoms with Gasteiger partial charge >= 0.3 is 0 Å². The third-order valence-corrected chi connectivity index (χ3v) is 3.65. The van der Waals surface area contributed by atoms with Crippen LogP contribution in [0.15, 0.2) is 45.6 Å². The van der Waals surface area contributed by atoms with Crippen LogP contribution < -0.4 is 5.73 Å². The number of benzene rings is 1. The maximum Gasteiger partial charge on any atom is 0.247 e. The molecule has 21 heavy (non-hydrogen) atoms. The average Bonchev–Trinajstić information content (AvgIpc) is 2.91. The fraction of sp³-hybridized carbons (Fsp3) is 0.286. The fourth-order valence-electron chi connectivity index (χ4n) is 1.95. The Morgan fingerprint density at radius 1 is 1.38 bits per heavy atom. The standard InChI is InChI=1S/C14H16BrN3O2.ClH/c1-14(16,10-3-5-11(15)6-4-10)13(19)18(2)9-12-7-8-20-17-12;/h3-8H,9,16H2,1-2H3;1H. The summed E-state index contributed by atoms with van der Waals surface area (Å²) in [5, 5.41) is 3.79. The highest BCUT2D eigenvalue weighted by molar-refractivity contribution is 9.10. The van der Waals surface area contributed by atoms with E-state index in [1.54, 1.807) is 24.9 Å². The third kappa shape index (κ3) is 4.06. The van der Waals surface area contributed by atoms with Gasteiger partial charge in [0.1, 0.15) is 17.5 Å². The molecule has 1 atom stereocenters. The van der Waals surface area contributed by atoms with Crippen LogP contribution in [0.3, 0.4) is 0 Å². The molecule has 7 heteroatoms.